The lowest BCUT2D eigenvalue weighted by atomic mass is 9.99. The van der Waals surface area contributed by atoms with E-state index in [2.05, 4.69) is 56.9 Å². The van der Waals surface area contributed by atoms with Crippen LogP contribution in [0.15, 0.2) is 0 Å². The van der Waals surface area contributed by atoms with Gasteiger partial charge in [-0.2, -0.15) is 0 Å². The van der Waals surface area contributed by atoms with E-state index in [1.807, 2.05) is 0 Å². The molecule has 0 saturated carbocycles. The summed E-state index contributed by atoms with van der Waals surface area (Å²) in [6.07, 6.45) is 3.40. The van der Waals surface area contributed by atoms with Crippen molar-refractivity contribution in [2.75, 3.05) is 20.6 Å². The van der Waals surface area contributed by atoms with Gasteiger partial charge in [0, 0.05) is 12.6 Å². The molecule has 4 heteroatoms. The summed E-state index contributed by atoms with van der Waals surface area (Å²) in [6, 6.07) is 0.400. The van der Waals surface area contributed by atoms with Crippen LogP contribution in [0, 0.1) is 5.92 Å². The molecule has 112 valence electrons. The number of carbonyl (C=O) groups excluding carboxylic acids is 1. The van der Waals surface area contributed by atoms with Gasteiger partial charge in [-0.15, -0.1) is 0 Å². The van der Waals surface area contributed by atoms with Crippen molar-refractivity contribution in [1.29, 1.82) is 0 Å². The van der Waals surface area contributed by atoms with Gasteiger partial charge >= 0.3 is 0 Å². The summed E-state index contributed by atoms with van der Waals surface area (Å²) < 4.78 is 0. The minimum absolute atomic E-state index is 0.0101. The van der Waals surface area contributed by atoms with E-state index in [-0.39, 0.29) is 12.2 Å². The van der Waals surface area contributed by atoms with E-state index >= 15 is 0 Å². The molecular formula is C15H31N3O. The molecule has 0 radical (unpaired) electrons. The highest BCUT2D eigenvalue weighted by Gasteiger charge is 2.40. The van der Waals surface area contributed by atoms with Crippen molar-refractivity contribution >= 4 is 5.91 Å². The van der Waals surface area contributed by atoms with Crippen LogP contribution in [0.3, 0.4) is 0 Å². The van der Waals surface area contributed by atoms with Crippen molar-refractivity contribution in [3.05, 3.63) is 0 Å². The van der Waals surface area contributed by atoms with E-state index in [1.54, 1.807) is 0 Å². The Hall–Kier alpha value is -0.610. The van der Waals surface area contributed by atoms with Crippen molar-refractivity contribution in [3.63, 3.8) is 0 Å². The molecular weight excluding hydrogens is 238 g/mol. The van der Waals surface area contributed by atoms with Crippen LogP contribution < -0.4 is 5.32 Å². The first-order valence-electron chi connectivity index (χ1n) is 7.65. The Labute approximate surface area is 118 Å². The predicted octanol–water partition coefficient (Wildman–Crippen LogP) is 1.91. The average molecular weight is 269 g/mol. The molecule has 0 bridgehead atoms. The van der Waals surface area contributed by atoms with Crippen LogP contribution in [0.25, 0.3) is 0 Å². The lowest BCUT2D eigenvalue weighted by Gasteiger charge is -2.30. The number of hydrogen-bond acceptors (Lipinski definition) is 3. The molecule has 1 aliphatic rings. The number of nitrogens with one attached hydrogen (secondary N) is 1. The van der Waals surface area contributed by atoms with Crippen molar-refractivity contribution in [2.45, 2.75) is 65.2 Å². The summed E-state index contributed by atoms with van der Waals surface area (Å²) in [5, 5.41) is 3.54. The summed E-state index contributed by atoms with van der Waals surface area (Å²) in [7, 11) is 4.14. The number of rotatable bonds is 7. The van der Waals surface area contributed by atoms with E-state index < -0.39 is 0 Å². The molecule has 4 unspecified atom stereocenters. The van der Waals surface area contributed by atoms with E-state index in [0.717, 1.165) is 25.8 Å². The maximum absolute atomic E-state index is 12.6. The summed E-state index contributed by atoms with van der Waals surface area (Å²) in [5.74, 6) is 0.702. The third kappa shape index (κ3) is 3.93. The first-order chi connectivity index (χ1) is 8.92. The van der Waals surface area contributed by atoms with Gasteiger partial charge in [0.05, 0.1) is 12.2 Å². The number of nitrogens with zero attached hydrogens (tertiary/aromatic N) is 2. The Morgan fingerprint density at radius 2 is 1.95 bits per heavy atom. The maximum Gasteiger partial charge on any atom is 0.241 e. The highest BCUT2D eigenvalue weighted by atomic mass is 16.2. The molecule has 0 aromatic heterocycles. The lowest BCUT2D eigenvalue weighted by molar-refractivity contribution is -0.131. The van der Waals surface area contributed by atoms with Gasteiger partial charge < -0.3 is 9.80 Å². The van der Waals surface area contributed by atoms with Crippen LogP contribution in [0.1, 0.15) is 47.0 Å². The number of amides is 1. The van der Waals surface area contributed by atoms with Crippen LogP contribution in [0.5, 0.6) is 0 Å². The van der Waals surface area contributed by atoms with Crippen LogP contribution in [-0.2, 0) is 4.79 Å². The molecule has 1 aliphatic heterocycles. The number of hydrogen-bond donors (Lipinski definition) is 1. The number of likely N-dealkylation sites (N-methyl/N-ethyl adjacent to an activating group) is 1. The molecule has 1 amide bonds. The molecule has 1 heterocycles. The number of carbonyl (C=O) groups is 1. The van der Waals surface area contributed by atoms with Crippen LogP contribution in [-0.4, -0.2) is 54.6 Å². The smallest absolute Gasteiger partial charge is 0.241 e. The molecule has 1 N–H and O–H groups in total. The highest BCUT2D eigenvalue weighted by molar-refractivity contribution is 5.84. The molecule has 0 aliphatic carbocycles. The summed E-state index contributed by atoms with van der Waals surface area (Å²) in [5.41, 5.74) is 0. The molecule has 1 saturated heterocycles. The van der Waals surface area contributed by atoms with Crippen molar-refractivity contribution in [1.82, 2.24) is 15.1 Å². The third-order valence-electron chi connectivity index (χ3n) is 4.41. The third-order valence-corrected chi connectivity index (χ3v) is 4.41. The molecule has 0 spiro atoms. The molecule has 1 fully saturated rings. The zero-order valence-corrected chi connectivity index (χ0v) is 13.4. The minimum Gasteiger partial charge on any atom is -0.324 e. The Kier molecular flexibility index (Phi) is 6.27. The fourth-order valence-electron chi connectivity index (χ4n) is 2.52. The van der Waals surface area contributed by atoms with Gasteiger partial charge in [-0.3, -0.25) is 10.1 Å². The first-order valence-corrected chi connectivity index (χ1v) is 7.65. The maximum atomic E-state index is 12.6. The normalized spacial score (nSPS) is 27.1. The zero-order chi connectivity index (χ0) is 14.6. The molecule has 19 heavy (non-hydrogen) atoms. The Bertz CT molecular complexity index is 293. The lowest BCUT2D eigenvalue weighted by Crippen LogP contribution is -2.45. The Morgan fingerprint density at radius 1 is 1.32 bits per heavy atom. The molecule has 0 aromatic carbocycles. The van der Waals surface area contributed by atoms with Crippen LogP contribution >= 0.6 is 0 Å². The van der Waals surface area contributed by atoms with Gasteiger partial charge in [-0.1, -0.05) is 33.6 Å². The van der Waals surface area contributed by atoms with Gasteiger partial charge in [0.2, 0.25) is 5.91 Å². The summed E-state index contributed by atoms with van der Waals surface area (Å²) in [4.78, 5) is 16.8. The largest absolute Gasteiger partial charge is 0.324 e. The molecule has 4 atom stereocenters. The molecule has 1 rings (SSSR count). The Morgan fingerprint density at radius 3 is 2.42 bits per heavy atom. The van der Waals surface area contributed by atoms with Crippen LogP contribution in [0.2, 0.25) is 0 Å². The average Bonchev–Trinajstić information content (AvgIpc) is 2.67. The van der Waals surface area contributed by atoms with Gasteiger partial charge in [0.1, 0.15) is 0 Å². The first kappa shape index (κ1) is 16.4. The predicted molar refractivity (Wildman–Crippen MR) is 79.9 cm³/mol. The van der Waals surface area contributed by atoms with Gasteiger partial charge in [-0.25, -0.2) is 0 Å². The quantitative estimate of drug-likeness (QED) is 0.767. The summed E-state index contributed by atoms with van der Waals surface area (Å²) in [6.45, 7) is 9.48. The molecule has 4 nitrogen and oxygen atoms in total. The van der Waals surface area contributed by atoms with Gasteiger partial charge in [-0.05, 0) is 33.4 Å². The monoisotopic (exact) mass is 269 g/mol. The van der Waals surface area contributed by atoms with Gasteiger partial charge in [0.25, 0.3) is 0 Å². The van der Waals surface area contributed by atoms with Gasteiger partial charge in [0.15, 0.2) is 0 Å². The van der Waals surface area contributed by atoms with E-state index in [1.165, 1.54) is 0 Å². The van der Waals surface area contributed by atoms with Crippen molar-refractivity contribution in [2.24, 2.45) is 5.92 Å². The second kappa shape index (κ2) is 7.25. The zero-order valence-electron chi connectivity index (χ0n) is 13.4. The minimum atomic E-state index is 0.0101. The van der Waals surface area contributed by atoms with E-state index in [9.17, 15) is 4.79 Å². The fraction of sp³-hybridized carbons (Fsp3) is 0.933. The Balaban J connectivity index is 2.77. The van der Waals surface area contributed by atoms with E-state index in [0.29, 0.717) is 17.9 Å². The highest BCUT2D eigenvalue weighted by Crippen LogP contribution is 2.22. The SMILES string of the molecule is CCCC1NC(C(C)CC)C(=O)N1CC(C)N(C)C. The standard InChI is InChI=1S/C15H31N3O/c1-7-9-13-16-14(11(3)8-2)15(19)18(13)10-12(4)17(5)6/h11-14,16H,7-10H2,1-6H3. The molecule has 0 aromatic rings. The van der Waals surface area contributed by atoms with Crippen LogP contribution in [0.4, 0.5) is 0 Å². The van der Waals surface area contributed by atoms with Crippen molar-refractivity contribution < 1.29 is 4.79 Å². The second-order valence-electron chi connectivity index (χ2n) is 6.14. The van der Waals surface area contributed by atoms with E-state index in [4.69, 9.17) is 0 Å². The summed E-state index contributed by atoms with van der Waals surface area (Å²) >= 11 is 0. The second-order valence-corrected chi connectivity index (χ2v) is 6.14. The fourth-order valence-corrected chi connectivity index (χ4v) is 2.52. The van der Waals surface area contributed by atoms with Crippen molar-refractivity contribution in [3.8, 4) is 0 Å². The topological polar surface area (TPSA) is 35.6 Å².